The van der Waals surface area contributed by atoms with Gasteiger partial charge < -0.3 is 15.8 Å². The lowest BCUT2D eigenvalue weighted by Gasteiger charge is -2.40. The van der Waals surface area contributed by atoms with Crippen LogP contribution in [0.15, 0.2) is 0 Å². The number of nitrogens with two attached hydrogens (primary N) is 1. The van der Waals surface area contributed by atoms with Gasteiger partial charge in [0.05, 0.1) is 6.61 Å². The summed E-state index contributed by atoms with van der Waals surface area (Å²) in [7, 11) is 0. The molecule has 16 heavy (non-hydrogen) atoms. The molecule has 2 aliphatic rings. The average Bonchev–Trinajstić information content (AvgIpc) is 2.29. The fourth-order valence-electron chi connectivity index (χ4n) is 2.90. The standard InChI is InChI=1S/C13H26N2O/c1-12(6-5-9-16-11-12)15-10-13(14)7-3-2-4-8-13/h15H,2-11,14H2,1H3. The minimum absolute atomic E-state index is 0.0404. The smallest absolute Gasteiger partial charge is 0.0645 e. The Hall–Kier alpha value is -0.120. The number of nitrogens with one attached hydrogen (secondary N) is 1. The van der Waals surface area contributed by atoms with Gasteiger partial charge in [-0.05, 0) is 32.6 Å². The van der Waals surface area contributed by atoms with Gasteiger partial charge in [0.25, 0.3) is 0 Å². The lowest BCUT2D eigenvalue weighted by Crippen LogP contribution is -2.58. The first kappa shape index (κ1) is 12.3. The van der Waals surface area contributed by atoms with Gasteiger partial charge in [-0.15, -0.1) is 0 Å². The van der Waals surface area contributed by atoms with Gasteiger partial charge in [0.1, 0.15) is 0 Å². The summed E-state index contributed by atoms with van der Waals surface area (Å²) >= 11 is 0. The van der Waals surface area contributed by atoms with E-state index in [4.69, 9.17) is 10.5 Å². The number of rotatable bonds is 3. The van der Waals surface area contributed by atoms with Crippen molar-refractivity contribution in [3.05, 3.63) is 0 Å². The van der Waals surface area contributed by atoms with Crippen molar-refractivity contribution in [2.45, 2.75) is 62.9 Å². The Morgan fingerprint density at radius 3 is 2.50 bits per heavy atom. The second-order valence-corrected chi connectivity index (χ2v) is 5.99. The van der Waals surface area contributed by atoms with Crippen LogP contribution in [-0.4, -0.2) is 30.8 Å². The molecule has 0 aromatic heterocycles. The second-order valence-electron chi connectivity index (χ2n) is 5.99. The first-order valence-electron chi connectivity index (χ1n) is 6.74. The molecule has 1 atom stereocenters. The highest BCUT2D eigenvalue weighted by Crippen LogP contribution is 2.26. The van der Waals surface area contributed by atoms with Crippen LogP contribution in [0.3, 0.4) is 0 Å². The maximum absolute atomic E-state index is 6.43. The molecule has 0 bridgehead atoms. The molecule has 3 heteroatoms. The first-order chi connectivity index (χ1) is 7.62. The number of hydrogen-bond donors (Lipinski definition) is 2. The second kappa shape index (κ2) is 5.03. The third-order valence-corrected chi connectivity index (χ3v) is 4.15. The van der Waals surface area contributed by atoms with Crippen molar-refractivity contribution in [2.75, 3.05) is 19.8 Å². The molecule has 1 saturated heterocycles. The summed E-state index contributed by atoms with van der Waals surface area (Å²) in [6.45, 7) is 4.97. The van der Waals surface area contributed by atoms with Crippen LogP contribution in [0.4, 0.5) is 0 Å². The zero-order valence-electron chi connectivity index (χ0n) is 10.6. The Morgan fingerprint density at radius 2 is 1.88 bits per heavy atom. The highest BCUT2D eigenvalue weighted by atomic mass is 16.5. The van der Waals surface area contributed by atoms with Crippen molar-refractivity contribution < 1.29 is 4.74 Å². The maximum atomic E-state index is 6.43. The van der Waals surface area contributed by atoms with Gasteiger partial charge in [0.15, 0.2) is 0 Å². The Bertz CT molecular complexity index is 194. The van der Waals surface area contributed by atoms with E-state index in [1.807, 2.05) is 0 Å². The normalized spacial score (nSPS) is 34.9. The lowest BCUT2D eigenvalue weighted by atomic mass is 9.81. The quantitative estimate of drug-likeness (QED) is 0.771. The SMILES string of the molecule is CC1(NCC2(N)CCCCC2)CCCOC1. The zero-order chi connectivity index (χ0) is 11.5. The number of hydrogen-bond acceptors (Lipinski definition) is 3. The first-order valence-corrected chi connectivity index (χ1v) is 6.74. The average molecular weight is 226 g/mol. The van der Waals surface area contributed by atoms with E-state index in [9.17, 15) is 0 Å². The van der Waals surface area contributed by atoms with Gasteiger partial charge in [-0.1, -0.05) is 19.3 Å². The van der Waals surface area contributed by atoms with Crippen molar-refractivity contribution in [3.8, 4) is 0 Å². The molecule has 0 radical (unpaired) electrons. The minimum Gasteiger partial charge on any atom is -0.380 e. The molecule has 2 fully saturated rings. The zero-order valence-corrected chi connectivity index (χ0v) is 10.6. The summed E-state index contributed by atoms with van der Waals surface area (Å²) in [5, 5.41) is 3.66. The summed E-state index contributed by atoms with van der Waals surface area (Å²) in [5.74, 6) is 0. The van der Waals surface area contributed by atoms with Crippen molar-refractivity contribution in [1.29, 1.82) is 0 Å². The molecule has 1 unspecified atom stereocenters. The molecule has 1 heterocycles. The molecule has 3 N–H and O–H groups in total. The van der Waals surface area contributed by atoms with Crippen molar-refractivity contribution in [1.82, 2.24) is 5.32 Å². The van der Waals surface area contributed by atoms with E-state index >= 15 is 0 Å². The fourth-order valence-corrected chi connectivity index (χ4v) is 2.90. The van der Waals surface area contributed by atoms with Crippen molar-refractivity contribution in [2.24, 2.45) is 5.73 Å². The van der Waals surface area contributed by atoms with E-state index in [2.05, 4.69) is 12.2 Å². The lowest BCUT2D eigenvalue weighted by molar-refractivity contribution is 0.0249. The Balaban J connectivity index is 1.80. The van der Waals surface area contributed by atoms with Gasteiger partial charge in [-0.2, -0.15) is 0 Å². The van der Waals surface area contributed by atoms with Crippen LogP contribution in [0.5, 0.6) is 0 Å². The summed E-state index contributed by atoms with van der Waals surface area (Å²) in [5.41, 5.74) is 6.63. The summed E-state index contributed by atoms with van der Waals surface area (Å²) < 4.78 is 5.55. The topological polar surface area (TPSA) is 47.3 Å². The van der Waals surface area contributed by atoms with E-state index in [0.29, 0.717) is 0 Å². The van der Waals surface area contributed by atoms with Crippen molar-refractivity contribution >= 4 is 0 Å². The summed E-state index contributed by atoms with van der Waals surface area (Å²) in [4.78, 5) is 0. The van der Waals surface area contributed by atoms with E-state index in [1.165, 1.54) is 44.9 Å². The van der Waals surface area contributed by atoms with E-state index < -0.39 is 0 Å². The molecular formula is C13H26N2O. The van der Waals surface area contributed by atoms with Crippen LogP contribution in [-0.2, 0) is 4.74 Å². The van der Waals surface area contributed by atoms with Gasteiger partial charge in [-0.25, -0.2) is 0 Å². The fraction of sp³-hybridized carbons (Fsp3) is 1.00. The third kappa shape index (κ3) is 3.19. The molecule has 1 aliphatic heterocycles. The van der Waals surface area contributed by atoms with Crippen LogP contribution < -0.4 is 11.1 Å². The van der Waals surface area contributed by atoms with E-state index in [1.54, 1.807) is 0 Å². The van der Waals surface area contributed by atoms with Gasteiger partial charge >= 0.3 is 0 Å². The van der Waals surface area contributed by atoms with Crippen LogP contribution >= 0.6 is 0 Å². The molecule has 0 aromatic rings. The molecule has 0 aromatic carbocycles. The van der Waals surface area contributed by atoms with Gasteiger partial charge in [0, 0.05) is 24.2 Å². The van der Waals surface area contributed by atoms with Crippen LogP contribution in [0.1, 0.15) is 51.9 Å². The third-order valence-electron chi connectivity index (χ3n) is 4.15. The highest BCUT2D eigenvalue weighted by Gasteiger charge is 2.32. The van der Waals surface area contributed by atoms with E-state index in [0.717, 1.165) is 19.8 Å². The molecule has 94 valence electrons. The van der Waals surface area contributed by atoms with Crippen LogP contribution in [0, 0.1) is 0 Å². The van der Waals surface area contributed by atoms with Crippen molar-refractivity contribution in [3.63, 3.8) is 0 Å². The Kier molecular flexibility index (Phi) is 3.88. The molecule has 3 nitrogen and oxygen atoms in total. The van der Waals surface area contributed by atoms with Crippen LogP contribution in [0.2, 0.25) is 0 Å². The Morgan fingerprint density at radius 1 is 1.12 bits per heavy atom. The van der Waals surface area contributed by atoms with Gasteiger partial charge in [0.2, 0.25) is 0 Å². The summed E-state index contributed by atoms with van der Waals surface area (Å²) in [6, 6.07) is 0. The molecule has 0 spiro atoms. The highest BCUT2D eigenvalue weighted by molar-refractivity contribution is 4.94. The molecular weight excluding hydrogens is 200 g/mol. The molecule has 1 aliphatic carbocycles. The summed E-state index contributed by atoms with van der Waals surface area (Å²) in [6.07, 6.45) is 8.69. The Labute approximate surface area is 99.1 Å². The largest absolute Gasteiger partial charge is 0.380 e. The number of ether oxygens (including phenoxy) is 1. The maximum Gasteiger partial charge on any atom is 0.0645 e. The molecule has 1 saturated carbocycles. The van der Waals surface area contributed by atoms with E-state index in [-0.39, 0.29) is 11.1 Å². The predicted molar refractivity (Wildman–Crippen MR) is 66.5 cm³/mol. The monoisotopic (exact) mass is 226 g/mol. The van der Waals surface area contributed by atoms with Gasteiger partial charge in [-0.3, -0.25) is 0 Å². The molecule has 0 amide bonds. The minimum atomic E-state index is 0.0404. The molecule has 2 rings (SSSR count). The van der Waals surface area contributed by atoms with Crippen LogP contribution in [0.25, 0.3) is 0 Å². The predicted octanol–water partition coefficient (Wildman–Crippen LogP) is 1.81.